The van der Waals surface area contributed by atoms with Gasteiger partial charge >= 0.3 is 5.97 Å². The van der Waals surface area contributed by atoms with Gasteiger partial charge in [-0.15, -0.1) is 0 Å². The molecule has 2 bridgehead atoms. The van der Waals surface area contributed by atoms with Gasteiger partial charge in [0.2, 0.25) is 10.0 Å². The van der Waals surface area contributed by atoms with Gasteiger partial charge in [0, 0.05) is 12.1 Å². The molecule has 2 aromatic rings. The smallest absolute Gasteiger partial charge is 0.335 e. The molecule has 2 saturated carbocycles. The minimum absolute atomic E-state index is 0.0721. The lowest BCUT2D eigenvalue weighted by molar-refractivity contribution is -0.128. The molecule has 0 radical (unpaired) electrons. The third-order valence-corrected chi connectivity index (χ3v) is 8.84. The zero-order valence-electron chi connectivity index (χ0n) is 19.2. The average molecular weight is 488 g/mol. The molecule has 2 aromatic carbocycles. The van der Waals surface area contributed by atoms with Gasteiger partial charge in [0.05, 0.1) is 16.7 Å². The number of sulfonamides is 1. The summed E-state index contributed by atoms with van der Waals surface area (Å²) < 4.78 is 39.6. The molecular formula is C25H29NO7S. The molecule has 0 saturated heterocycles. The number of benzene rings is 2. The molecule has 34 heavy (non-hydrogen) atoms. The van der Waals surface area contributed by atoms with Crippen LogP contribution in [0.3, 0.4) is 0 Å². The van der Waals surface area contributed by atoms with Crippen LogP contribution in [0.25, 0.3) is 0 Å². The van der Waals surface area contributed by atoms with E-state index in [-0.39, 0.29) is 41.6 Å². The van der Waals surface area contributed by atoms with Crippen molar-refractivity contribution in [3.63, 3.8) is 0 Å². The highest BCUT2D eigenvalue weighted by Crippen LogP contribution is 2.64. The Labute approximate surface area is 199 Å². The van der Waals surface area contributed by atoms with Crippen LogP contribution in [0.2, 0.25) is 0 Å². The van der Waals surface area contributed by atoms with Gasteiger partial charge in [-0.2, -0.15) is 0 Å². The van der Waals surface area contributed by atoms with Gasteiger partial charge in [-0.3, -0.25) is 9.52 Å². The lowest BCUT2D eigenvalue weighted by Crippen LogP contribution is -2.43. The molecule has 2 aliphatic rings. The summed E-state index contributed by atoms with van der Waals surface area (Å²) >= 11 is 0. The summed E-state index contributed by atoms with van der Waals surface area (Å²) in [5.41, 5.74) is -0.515. The molecule has 2 aliphatic carbocycles. The number of hydrogen-bond acceptors (Lipinski definition) is 6. The van der Waals surface area contributed by atoms with Crippen LogP contribution in [0, 0.1) is 16.7 Å². The number of Topliss-reactive ketones (excluding diaryl/α,β-unsaturated/α-hetero) is 1. The van der Waals surface area contributed by atoms with Crippen LogP contribution in [0.5, 0.6) is 11.5 Å². The van der Waals surface area contributed by atoms with E-state index in [0.717, 1.165) is 6.42 Å². The average Bonchev–Trinajstić information content (AvgIpc) is 3.12. The van der Waals surface area contributed by atoms with E-state index in [1.54, 1.807) is 36.4 Å². The highest BCUT2D eigenvalue weighted by molar-refractivity contribution is 7.92. The number of carbonyl (C=O) groups excluding carboxylic acids is 1. The van der Waals surface area contributed by atoms with Crippen LogP contribution in [0.15, 0.2) is 48.5 Å². The Balaban J connectivity index is 1.28. The topological polar surface area (TPSA) is 119 Å². The van der Waals surface area contributed by atoms with E-state index in [0.29, 0.717) is 30.0 Å². The summed E-state index contributed by atoms with van der Waals surface area (Å²) in [5.74, 6) is 0.240. The Morgan fingerprint density at radius 2 is 1.59 bits per heavy atom. The number of anilines is 1. The van der Waals surface area contributed by atoms with Crippen molar-refractivity contribution in [3.8, 4) is 11.5 Å². The molecule has 4 rings (SSSR count). The van der Waals surface area contributed by atoms with Crippen molar-refractivity contribution in [1.29, 1.82) is 0 Å². The van der Waals surface area contributed by atoms with E-state index in [1.165, 1.54) is 12.1 Å². The van der Waals surface area contributed by atoms with Crippen LogP contribution in [-0.4, -0.2) is 44.2 Å². The fourth-order valence-electron chi connectivity index (χ4n) is 5.28. The molecule has 0 spiro atoms. The number of rotatable bonds is 10. The lowest BCUT2D eigenvalue weighted by atomic mass is 9.70. The first-order valence-electron chi connectivity index (χ1n) is 11.3. The molecule has 2 N–H and O–H groups in total. The van der Waals surface area contributed by atoms with E-state index in [1.807, 2.05) is 13.8 Å². The fourth-order valence-corrected chi connectivity index (χ4v) is 7.17. The van der Waals surface area contributed by atoms with Gasteiger partial charge in [0.1, 0.15) is 30.5 Å². The number of ketones is 1. The number of ether oxygens (including phenoxy) is 2. The van der Waals surface area contributed by atoms with Crippen molar-refractivity contribution < 1.29 is 32.6 Å². The Morgan fingerprint density at radius 1 is 1.03 bits per heavy atom. The number of fused-ring (bicyclic) bond motifs is 2. The van der Waals surface area contributed by atoms with Gasteiger partial charge in [-0.05, 0) is 72.7 Å². The zero-order valence-corrected chi connectivity index (χ0v) is 20.1. The Morgan fingerprint density at radius 3 is 2.06 bits per heavy atom. The number of carboxylic acid groups (broad SMARTS) is 1. The van der Waals surface area contributed by atoms with Gasteiger partial charge in [-0.1, -0.05) is 13.8 Å². The second kappa shape index (κ2) is 8.94. The number of aromatic carboxylic acids is 1. The second-order valence-electron chi connectivity index (χ2n) is 9.58. The normalized spacial score (nSPS) is 23.0. The quantitative estimate of drug-likeness (QED) is 0.487. The highest BCUT2D eigenvalue weighted by Gasteiger charge is 2.65. The molecule has 8 nitrogen and oxygen atoms in total. The Bertz CT molecular complexity index is 1170. The third-order valence-electron chi connectivity index (χ3n) is 7.43. The van der Waals surface area contributed by atoms with Gasteiger partial charge in [-0.25, -0.2) is 13.2 Å². The third kappa shape index (κ3) is 4.61. The van der Waals surface area contributed by atoms with Crippen molar-refractivity contribution in [3.05, 3.63) is 54.1 Å². The summed E-state index contributed by atoms with van der Waals surface area (Å²) in [7, 11) is -3.71. The van der Waals surface area contributed by atoms with Crippen molar-refractivity contribution in [2.75, 3.05) is 23.7 Å². The van der Waals surface area contributed by atoms with E-state index < -0.39 is 21.4 Å². The molecule has 0 amide bonds. The standard InChI is InChI=1S/C25H29NO7S/c1-24(2)18-11-12-25(24,22(27)15-18)16-34(30,31)26-19-5-9-21(10-6-19)33-14-13-32-20-7-3-17(4-8-20)23(28)29/h3-10,18,26H,11-16H2,1-2H3,(H,28,29). The van der Waals surface area contributed by atoms with Crippen molar-refractivity contribution >= 4 is 27.5 Å². The van der Waals surface area contributed by atoms with Gasteiger partial charge < -0.3 is 14.6 Å². The second-order valence-corrected chi connectivity index (χ2v) is 11.3. The van der Waals surface area contributed by atoms with Gasteiger partial charge in [0.15, 0.2) is 0 Å². The summed E-state index contributed by atoms with van der Waals surface area (Å²) in [6.07, 6.45) is 2.01. The molecule has 2 atom stereocenters. The summed E-state index contributed by atoms with van der Waals surface area (Å²) in [6, 6.07) is 12.7. The van der Waals surface area contributed by atoms with Crippen molar-refractivity contribution in [1.82, 2.24) is 0 Å². The Hall–Kier alpha value is -3.07. The molecule has 2 unspecified atom stereocenters. The number of hydrogen-bond donors (Lipinski definition) is 2. The number of nitrogens with one attached hydrogen (secondary N) is 1. The van der Waals surface area contributed by atoms with Crippen LogP contribution in [-0.2, 0) is 14.8 Å². The van der Waals surface area contributed by atoms with E-state index >= 15 is 0 Å². The van der Waals surface area contributed by atoms with Crippen LogP contribution in [0.4, 0.5) is 5.69 Å². The zero-order chi connectivity index (χ0) is 24.6. The molecular weight excluding hydrogens is 458 g/mol. The lowest BCUT2D eigenvalue weighted by Gasteiger charge is -2.36. The first-order chi connectivity index (χ1) is 16.0. The van der Waals surface area contributed by atoms with Crippen LogP contribution < -0.4 is 14.2 Å². The Kier molecular flexibility index (Phi) is 6.33. The largest absolute Gasteiger partial charge is 0.490 e. The van der Waals surface area contributed by atoms with E-state index in [2.05, 4.69) is 4.72 Å². The molecule has 0 aromatic heterocycles. The number of carbonyl (C=O) groups is 2. The summed E-state index contributed by atoms with van der Waals surface area (Å²) in [5, 5.41) is 8.90. The minimum Gasteiger partial charge on any atom is -0.490 e. The van der Waals surface area contributed by atoms with Crippen molar-refractivity contribution in [2.24, 2.45) is 16.7 Å². The van der Waals surface area contributed by atoms with Crippen LogP contribution >= 0.6 is 0 Å². The molecule has 182 valence electrons. The summed E-state index contributed by atoms with van der Waals surface area (Å²) in [4.78, 5) is 23.5. The molecule has 0 heterocycles. The minimum atomic E-state index is -3.71. The van der Waals surface area contributed by atoms with E-state index in [9.17, 15) is 18.0 Å². The number of carboxylic acids is 1. The SMILES string of the molecule is CC1(C)C2CCC1(CS(=O)(=O)Nc1ccc(OCCOc3ccc(C(=O)O)cc3)cc1)C(=O)C2. The monoisotopic (exact) mass is 487 g/mol. The first-order valence-corrected chi connectivity index (χ1v) is 12.9. The maximum atomic E-state index is 12.9. The predicted molar refractivity (Wildman–Crippen MR) is 127 cm³/mol. The van der Waals surface area contributed by atoms with Crippen LogP contribution in [0.1, 0.15) is 43.5 Å². The summed E-state index contributed by atoms with van der Waals surface area (Å²) in [6.45, 7) is 4.55. The maximum Gasteiger partial charge on any atom is 0.335 e. The molecule has 0 aliphatic heterocycles. The van der Waals surface area contributed by atoms with Gasteiger partial charge in [0.25, 0.3) is 0 Å². The van der Waals surface area contributed by atoms with E-state index in [4.69, 9.17) is 14.6 Å². The highest BCUT2D eigenvalue weighted by atomic mass is 32.2. The molecule has 9 heteroatoms. The fraction of sp³-hybridized carbons (Fsp3) is 0.440. The maximum absolute atomic E-state index is 12.9. The van der Waals surface area contributed by atoms with Crippen molar-refractivity contribution in [2.45, 2.75) is 33.1 Å². The predicted octanol–water partition coefficient (Wildman–Crippen LogP) is 3.98. The first kappa shape index (κ1) is 24.1. The molecule has 2 fully saturated rings.